The maximum atomic E-state index is 10.8. The van der Waals surface area contributed by atoms with Crippen molar-refractivity contribution in [1.29, 1.82) is 0 Å². The summed E-state index contributed by atoms with van der Waals surface area (Å²) in [5.74, 6) is -0.938. The number of aromatic carboxylic acids is 1. The Morgan fingerprint density at radius 3 is 2.93 bits per heavy atom. The van der Waals surface area contributed by atoms with E-state index in [1.165, 1.54) is 17.5 Å². The molecule has 4 nitrogen and oxygen atoms in total. The van der Waals surface area contributed by atoms with Crippen LogP contribution in [0.4, 0.5) is 0 Å². The summed E-state index contributed by atoms with van der Waals surface area (Å²) in [5.41, 5.74) is 0.904. The highest BCUT2D eigenvalue weighted by molar-refractivity contribution is 14.1. The highest BCUT2D eigenvalue weighted by atomic mass is 127. The van der Waals surface area contributed by atoms with Gasteiger partial charge in [0, 0.05) is 18.0 Å². The molecule has 2 aromatic heterocycles. The van der Waals surface area contributed by atoms with Crippen LogP contribution in [-0.4, -0.2) is 21.0 Å². The smallest absolute Gasteiger partial charge is 0.337 e. The van der Waals surface area contributed by atoms with Crippen molar-refractivity contribution in [2.75, 3.05) is 0 Å². The number of hydrogen-bond acceptors (Lipinski definition) is 3. The largest absolute Gasteiger partial charge is 0.478 e. The van der Waals surface area contributed by atoms with Gasteiger partial charge < -0.3 is 10.1 Å². The molecule has 0 radical (unpaired) electrons. The number of thiazole rings is 1. The predicted molar refractivity (Wildman–Crippen MR) is 61.6 cm³/mol. The van der Waals surface area contributed by atoms with E-state index in [0.717, 1.165) is 7.89 Å². The second-order valence-corrected chi connectivity index (χ2v) is 5.48. The van der Waals surface area contributed by atoms with Gasteiger partial charge in [0.2, 0.25) is 0 Å². The highest BCUT2D eigenvalue weighted by Crippen LogP contribution is 2.28. The summed E-state index contributed by atoms with van der Waals surface area (Å²) in [6.07, 6.45) is 4.84. The van der Waals surface area contributed by atoms with Crippen molar-refractivity contribution < 1.29 is 9.90 Å². The summed E-state index contributed by atoms with van der Waals surface area (Å²) in [7, 11) is 0. The molecule has 2 rings (SSSR count). The first-order valence-corrected chi connectivity index (χ1v) is 5.60. The van der Waals surface area contributed by atoms with E-state index in [2.05, 4.69) is 32.6 Å². The third kappa shape index (κ3) is 1.67. The minimum Gasteiger partial charge on any atom is -0.478 e. The second kappa shape index (κ2) is 3.70. The topological polar surface area (TPSA) is 66.0 Å². The lowest BCUT2D eigenvalue weighted by Crippen LogP contribution is -1.95. The maximum Gasteiger partial charge on any atom is 0.337 e. The summed E-state index contributed by atoms with van der Waals surface area (Å²) in [6.45, 7) is 0. The highest BCUT2D eigenvalue weighted by Gasteiger charge is 2.14. The van der Waals surface area contributed by atoms with E-state index < -0.39 is 5.97 Å². The summed E-state index contributed by atoms with van der Waals surface area (Å²) in [5, 5.41) is 9.61. The average Bonchev–Trinajstić information content (AvgIpc) is 2.70. The van der Waals surface area contributed by atoms with Crippen LogP contribution in [0, 0.1) is 2.88 Å². The van der Waals surface area contributed by atoms with Crippen molar-refractivity contribution in [2.45, 2.75) is 0 Å². The first-order valence-electron chi connectivity index (χ1n) is 3.70. The molecular weight excluding hydrogens is 315 g/mol. The van der Waals surface area contributed by atoms with Crippen LogP contribution in [0.2, 0.25) is 0 Å². The second-order valence-electron chi connectivity index (χ2n) is 2.56. The number of nitrogens with zero attached hydrogens (tertiary/aromatic N) is 1. The third-order valence-corrected chi connectivity index (χ3v) is 3.44. The Labute approximate surface area is 97.1 Å². The lowest BCUT2D eigenvalue weighted by molar-refractivity contribution is 0.0698. The quantitative estimate of drug-likeness (QED) is 0.835. The summed E-state index contributed by atoms with van der Waals surface area (Å²) in [4.78, 5) is 17.7. The number of H-pyrrole nitrogens is 1. The standard InChI is InChI=1S/C8H5IN2O2S/c9-6-3-11-7(14-6)4-1-10-2-5(4)8(12)13/h1-3,10H,(H,12,13). The molecule has 0 spiro atoms. The lowest BCUT2D eigenvalue weighted by Gasteiger charge is -1.92. The van der Waals surface area contributed by atoms with Crippen LogP contribution in [0.5, 0.6) is 0 Å². The first kappa shape index (κ1) is 9.66. The lowest BCUT2D eigenvalue weighted by atomic mass is 10.2. The molecule has 0 unspecified atom stereocenters. The molecule has 0 atom stereocenters. The Bertz CT molecular complexity index is 477. The van der Waals surface area contributed by atoms with Crippen molar-refractivity contribution in [3.05, 3.63) is 27.0 Å². The van der Waals surface area contributed by atoms with Crippen molar-refractivity contribution >= 4 is 39.9 Å². The van der Waals surface area contributed by atoms with Gasteiger partial charge in [-0.1, -0.05) is 0 Å². The van der Waals surface area contributed by atoms with Crippen molar-refractivity contribution in [2.24, 2.45) is 0 Å². The van der Waals surface area contributed by atoms with Crippen molar-refractivity contribution in [1.82, 2.24) is 9.97 Å². The molecule has 72 valence electrons. The van der Waals surface area contributed by atoms with Crippen molar-refractivity contribution in [3.8, 4) is 10.6 Å². The zero-order chi connectivity index (χ0) is 10.1. The SMILES string of the molecule is O=C(O)c1c[nH]cc1-c1ncc(I)s1. The minimum absolute atomic E-state index is 0.260. The fraction of sp³-hybridized carbons (Fsp3) is 0. The first-order chi connectivity index (χ1) is 6.68. The van der Waals surface area contributed by atoms with Gasteiger partial charge in [0.15, 0.2) is 0 Å². The Morgan fingerprint density at radius 1 is 1.57 bits per heavy atom. The zero-order valence-electron chi connectivity index (χ0n) is 6.82. The number of carbonyl (C=O) groups is 1. The molecule has 0 aliphatic carbocycles. The van der Waals surface area contributed by atoms with E-state index >= 15 is 0 Å². The molecule has 2 heterocycles. The molecule has 0 aliphatic heterocycles. The molecule has 6 heteroatoms. The number of carboxylic acids is 1. The molecule has 0 saturated heterocycles. The molecular formula is C8H5IN2O2S. The van der Waals surface area contributed by atoms with Gasteiger partial charge in [0.25, 0.3) is 0 Å². The number of hydrogen-bond donors (Lipinski definition) is 2. The molecule has 2 aromatic rings. The van der Waals surface area contributed by atoms with Crippen LogP contribution in [0.25, 0.3) is 10.6 Å². The van der Waals surface area contributed by atoms with Gasteiger partial charge in [-0.15, -0.1) is 11.3 Å². The van der Waals surface area contributed by atoms with E-state index in [-0.39, 0.29) is 5.56 Å². The fourth-order valence-electron chi connectivity index (χ4n) is 1.10. The number of aromatic nitrogens is 2. The van der Waals surface area contributed by atoms with Gasteiger partial charge in [0.1, 0.15) is 5.01 Å². The van der Waals surface area contributed by atoms with Crippen LogP contribution in [0.15, 0.2) is 18.6 Å². The van der Waals surface area contributed by atoms with Gasteiger partial charge in [-0.2, -0.15) is 0 Å². The molecule has 2 N–H and O–H groups in total. The number of aromatic amines is 1. The zero-order valence-corrected chi connectivity index (χ0v) is 9.79. The number of nitrogens with one attached hydrogen (secondary N) is 1. The van der Waals surface area contributed by atoms with Gasteiger partial charge in [-0.05, 0) is 22.6 Å². The van der Waals surface area contributed by atoms with Gasteiger partial charge in [0.05, 0.1) is 14.6 Å². The molecule has 0 saturated carbocycles. The van der Waals surface area contributed by atoms with E-state index in [1.54, 1.807) is 12.4 Å². The summed E-state index contributed by atoms with van der Waals surface area (Å²) in [6, 6.07) is 0. The Morgan fingerprint density at radius 2 is 2.36 bits per heavy atom. The minimum atomic E-state index is -0.938. The van der Waals surface area contributed by atoms with E-state index in [4.69, 9.17) is 5.11 Å². The number of rotatable bonds is 2. The third-order valence-electron chi connectivity index (χ3n) is 1.68. The normalized spacial score (nSPS) is 10.4. The molecule has 0 aliphatic rings. The van der Waals surface area contributed by atoms with Gasteiger partial charge in [-0.3, -0.25) is 0 Å². The molecule has 0 bridgehead atoms. The molecule has 0 aromatic carbocycles. The van der Waals surface area contributed by atoms with Crippen LogP contribution >= 0.6 is 33.9 Å². The maximum absolute atomic E-state index is 10.8. The molecule has 0 amide bonds. The van der Waals surface area contributed by atoms with E-state index in [0.29, 0.717) is 5.56 Å². The van der Waals surface area contributed by atoms with Crippen LogP contribution in [0.1, 0.15) is 10.4 Å². The monoisotopic (exact) mass is 320 g/mol. The van der Waals surface area contributed by atoms with E-state index in [1.807, 2.05) is 0 Å². The fourth-order valence-corrected chi connectivity index (χ4v) is 2.54. The van der Waals surface area contributed by atoms with Crippen LogP contribution in [-0.2, 0) is 0 Å². The Balaban J connectivity index is 2.51. The van der Waals surface area contributed by atoms with Crippen LogP contribution in [0.3, 0.4) is 0 Å². The van der Waals surface area contributed by atoms with Gasteiger partial charge in [-0.25, -0.2) is 9.78 Å². The number of halogens is 1. The summed E-state index contributed by atoms with van der Waals surface area (Å²) >= 11 is 3.62. The van der Waals surface area contributed by atoms with Gasteiger partial charge >= 0.3 is 5.97 Å². The van der Waals surface area contributed by atoms with E-state index in [9.17, 15) is 4.79 Å². The Kier molecular flexibility index (Phi) is 2.55. The summed E-state index contributed by atoms with van der Waals surface area (Å²) < 4.78 is 1.04. The predicted octanol–water partition coefficient (Wildman–Crippen LogP) is 2.44. The molecule has 0 fully saturated rings. The average molecular weight is 320 g/mol. The van der Waals surface area contributed by atoms with Crippen LogP contribution < -0.4 is 0 Å². The Hall–Kier alpha value is -0.890. The van der Waals surface area contributed by atoms with Crippen molar-refractivity contribution in [3.63, 3.8) is 0 Å². The number of carboxylic acid groups (broad SMARTS) is 1. The molecule has 14 heavy (non-hydrogen) atoms.